The highest BCUT2D eigenvalue weighted by Gasteiger charge is 2.38. The van der Waals surface area contributed by atoms with Crippen LogP contribution in [0.25, 0.3) is 10.9 Å². The smallest absolute Gasteiger partial charge is 0.324 e. The van der Waals surface area contributed by atoms with Crippen molar-refractivity contribution in [2.24, 2.45) is 0 Å². The highest BCUT2D eigenvalue weighted by Crippen LogP contribution is 2.45. The van der Waals surface area contributed by atoms with E-state index in [-0.39, 0.29) is 0 Å². The molecule has 0 radical (unpaired) electrons. The van der Waals surface area contributed by atoms with E-state index < -0.39 is 28.2 Å². The summed E-state index contributed by atoms with van der Waals surface area (Å²) in [5, 5.41) is 11.1. The maximum absolute atomic E-state index is 13.5. The lowest BCUT2D eigenvalue weighted by molar-refractivity contribution is 0.230. The molecule has 0 fully saturated rings. The van der Waals surface area contributed by atoms with E-state index >= 15 is 0 Å². The van der Waals surface area contributed by atoms with Gasteiger partial charge in [0.1, 0.15) is 5.82 Å². The Bertz CT molecular complexity index is 1230. The summed E-state index contributed by atoms with van der Waals surface area (Å²) in [6.45, 7) is 7.28. The van der Waals surface area contributed by atoms with Crippen molar-refractivity contribution in [2.75, 3.05) is 4.72 Å². The number of aliphatic hydroxyl groups is 1. The van der Waals surface area contributed by atoms with Crippen LogP contribution in [0.5, 0.6) is 0 Å². The van der Waals surface area contributed by atoms with E-state index in [2.05, 4.69) is 22.9 Å². The van der Waals surface area contributed by atoms with Crippen LogP contribution in [-0.4, -0.2) is 22.8 Å². The predicted octanol–water partition coefficient (Wildman–Crippen LogP) is 3.80. The fraction of sp³-hybridized carbons (Fsp3) is 0.0952. The molecule has 29 heavy (non-hydrogen) atoms. The molecular weight excluding hydrogens is 393 g/mol. The summed E-state index contributed by atoms with van der Waals surface area (Å²) in [6, 6.07) is 9.95. The quantitative estimate of drug-likeness (QED) is 0.640. The van der Waals surface area contributed by atoms with Gasteiger partial charge in [0.05, 0.1) is 23.3 Å². The van der Waals surface area contributed by atoms with Crippen molar-refractivity contribution in [1.29, 1.82) is 0 Å². The summed E-state index contributed by atoms with van der Waals surface area (Å²) in [5.74, 6) is -0.432. The van der Waals surface area contributed by atoms with Gasteiger partial charge in [-0.15, -0.1) is 6.58 Å². The normalized spacial score (nSPS) is 18.6. The Morgan fingerprint density at radius 3 is 2.62 bits per heavy atom. The van der Waals surface area contributed by atoms with Gasteiger partial charge in [-0.2, -0.15) is 8.42 Å². The Kier molecular flexibility index (Phi) is 4.60. The van der Waals surface area contributed by atoms with Crippen LogP contribution >= 0.6 is 0 Å². The predicted molar refractivity (Wildman–Crippen MR) is 110 cm³/mol. The third-order valence-corrected chi connectivity index (χ3v) is 6.30. The van der Waals surface area contributed by atoms with Crippen LogP contribution in [0.4, 0.5) is 10.1 Å². The van der Waals surface area contributed by atoms with Gasteiger partial charge in [0, 0.05) is 23.3 Å². The van der Waals surface area contributed by atoms with Gasteiger partial charge in [0.15, 0.2) is 0 Å². The van der Waals surface area contributed by atoms with E-state index in [4.69, 9.17) is 0 Å². The number of rotatable bonds is 4. The number of anilines is 1. The van der Waals surface area contributed by atoms with E-state index in [1.54, 1.807) is 24.4 Å². The van der Waals surface area contributed by atoms with Crippen molar-refractivity contribution in [3.63, 3.8) is 0 Å². The molecule has 6 nitrogen and oxygen atoms in total. The number of pyridine rings is 1. The zero-order valence-corrected chi connectivity index (χ0v) is 16.1. The molecule has 2 heterocycles. The average molecular weight is 411 g/mol. The minimum atomic E-state index is -3.98. The van der Waals surface area contributed by atoms with E-state index in [0.717, 1.165) is 4.31 Å². The van der Waals surface area contributed by atoms with Crippen LogP contribution in [-0.2, 0) is 10.2 Å². The zero-order valence-electron chi connectivity index (χ0n) is 15.3. The van der Waals surface area contributed by atoms with Crippen LogP contribution in [0.2, 0.25) is 0 Å². The molecule has 1 aliphatic heterocycles. The van der Waals surface area contributed by atoms with Gasteiger partial charge in [-0.25, -0.2) is 8.70 Å². The number of hydrogen-bond donors (Lipinski definition) is 2. The molecule has 148 valence electrons. The molecule has 1 aliphatic rings. The molecular formula is C21H18FN3O3S. The van der Waals surface area contributed by atoms with Gasteiger partial charge >= 0.3 is 10.2 Å². The van der Waals surface area contributed by atoms with Crippen molar-refractivity contribution in [1.82, 2.24) is 9.29 Å². The van der Waals surface area contributed by atoms with Crippen LogP contribution in [0, 0.1) is 5.82 Å². The number of benzene rings is 2. The standard InChI is InChI=1S/C21H18FN3O3S/c1-3-18(26)16-12-17-20(19-15(16)6-5-11-23-19)24-29(27,28)25(4-2)21(17)13-7-9-14(22)10-8-13/h3-12,18,21,24,26H,1-2H2. The second kappa shape index (κ2) is 6.98. The molecule has 0 aliphatic carbocycles. The summed E-state index contributed by atoms with van der Waals surface area (Å²) in [4.78, 5) is 4.35. The van der Waals surface area contributed by atoms with Crippen molar-refractivity contribution >= 4 is 26.8 Å². The van der Waals surface area contributed by atoms with Crippen molar-refractivity contribution in [3.8, 4) is 0 Å². The molecule has 2 aromatic carbocycles. The maximum Gasteiger partial charge on any atom is 0.324 e. The second-order valence-electron chi connectivity index (χ2n) is 6.58. The molecule has 4 rings (SSSR count). The largest absolute Gasteiger partial charge is 0.384 e. The first kappa shape index (κ1) is 19.1. The number of nitrogens with one attached hydrogen (secondary N) is 1. The van der Waals surface area contributed by atoms with Gasteiger partial charge in [-0.1, -0.05) is 30.9 Å². The van der Waals surface area contributed by atoms with Crippen LogP contribution in [0.3, 0.4) is 0 Å². The minimum absolute atomic E-state index is 0.313. The number of aliphatic hydroxyl groups excluding tert-OH is 1. The van der Waals surface area contributed by atoms with Gasteiger partial charge in [0.25, 0.3) is 0 Å². The number of fused-ring (bicyclic) bond motifs is 3. The van der Waals surface area contributed by atoms with Crippen LogP contribution in [0.1, 0.15) is 28.8 Å². The van der Waals surface area contributed by atoms with E-state index in [1.807, 2.05) is 0 Å². The van der Waals surface area contributed by atoms with Gasteiger partial charge in [-0.05, 0) is 35.4 Å². The topological polar surface area (TPSA) is 82.5 Å². The molecule has 2 unspecified atom stereocenters. The molecule has 0 spiro atoms. The maximum atomic E-state index is 13.5. The van der Waals surface area contributed by atoms with Crippen molar-refractivity contribution in [2.45, 2.75) is 12.1 Å². The molecule has 0 saturated carbocycles. The highest BCUT2D eigenvalue weighted by atomic mass is 32.2. The van der Waals surface area contributed by atoms with Crippen LogP contribution in [0.15, 0.2) is 74.1 Å². The lowest BCUT2D eigenvalue weighted by Gasteiger charge is -2.37. The van der Waals surface area contributed by atoms with Crippen LogP contribution < -0.4 is 4.72 Å². The average Bonchev–Trinajstić information content (AvgIpc) is 2.72. The summed E-state index contributed by atoms with van der Waals surface area (Å²) >= 11 is 0. The fourth-order valence-corrected chi connectivity index (χ4v) is 4.91. The molecule has 2 atom stereocenters. The van der Waals surface area contributed by atoms with Gasteiger partial charge < -0.3 is 5.11 Å². The third kappa shape index (κ3) is 3.06. The van der Waals surface area contributed by atoms with Crippen molar-refractivity contribution in [3.05, 3.63) is 96.6 Å². The SMILES string of the molecule is C=CC(O)c1cc2c(c3ncccc13)NS(=O)(=O)N(C=C)C2c1ccc(F)cc1. The summed E-state index contributed by atoms with van der Waals surface area (Å²) < 4.78 is 43.0. The van der Waals surface area contributed by atoms with Crippen molar-refractivity contribution < 1.29 is 17.9 Å². The molecule has 1 aromatic heterocycles. The van der Waals surface area contributed by atoms with E-state index in [9.17, 15) is 17.9 Å². The molecule has 8 heteroatoms. The Morgan fingerprint density at radius 2 is 1.97 bits per heavy atom. The zero-order chi connectivity index (χ0) is 20.8. The lowest BCUT2D eigenvalue weighted by Crippen LogP contribution is -2.40. The lowest BCUT2D eigenvalue weighted by atomic mass is 9.91. The Balaban J connectivity index is 2.10. The number of nitrogens with zero attached hydrogens (tertiary/aromatic N) is 2. The molecule has 3 aromatic rings. The van der Waals surface area contributed by atoms with Gasteiger partial charge in [0.2, 0.25) is 0 Å². The Labute approximate surface area is 167 Å². The molecule has 0 saturated heterocycles. The highest BCUT2D eigenvalue weighted by molar-refractivity contribution is 7.90. The van der Waals surface area contributed by atoms with Gasteiger partial charge in [-0.3, -0.25) is 9.71 Å². The first-order valence-corrected chi connectivity index (χ1v) is 10.2. The summed E-state index contributed by atoms with van der Waals surface area (Å²) in [7, 11) is -3.98. The second-order valence-corrected chi connectivity index (χ2v) is 8.16. The molecule has 0 amide bonds. The number of aromatic nitrogens is 1. The molecule has 2 N–H and O–H groups in total. The first-order chi connectivity index (χ1) is 13.9. The molecule has 0 bridgehead atoms. The number of hydrogen-bond acceptors (Lipinski definition) is 4. The van der Waals surface area contributed by atoms with E-state index in [0.29, 0.717) is 33.3 Å². The van der Waals surface area contributed by atoms with E-state index in [1.165, 1.54) is 36.5 Å². The minimum Gasteiger partial charge on any atom is -0.384 e. The Morgan fingerprint density at radius 1 is 1.24 bits per heavy atom. The summed E-state index contributed by atoms with van der Waals surface area (Å²) in [5.41, 5.74) is 2.37. The summed E-state index contributed by atoms with van der Waals surface area (Å²) in [6.07, 6.45) is 3.16. The Hall–Kier alpha value is -3.23. The first-order valence-electron chi connectivity index (χ1n) is 8.79. The number of halogens is 1. The third-order valence-electron chi connectivity index (χ3n) is 4.92. The monoisotopic (exact) mass is 411 g/mol. The fourth-order valence-electron chi connectivity index (χ4n) is 3.62.